The lowest BCUT2D eigenvalue weighted by atomic mass is 10.1. The zero-order valence-electron chi connectivity index (χ0n) is 10.9. The highest BCUT2D eigenvalue weighted by molar-refractivity contribution is 5.59. The molecular weight excluding hydrogens is 232 g/mol. The second-order valence-corrected chi connectivity index (χ2v) is 3.84. The van der Waals surface area contributed by atoms with Gasteiger partial charge in [-0.3, -0.25) is 0 Å². The Morgan fingerprint density at radius 3 is 2.05 bits per heavy atom. The molecule has 0 aliphatic heterocycles. The molecule has 2 nitrogen and oxygen atoms in total. The van der Waals surface area contributed by atoms with Crippen LogP contribution in [0.4, 0.5) is 5.69 Å². The summed E-state index contributed by atoms with van der Waals surface area (Å²) in [5, 5.41) is 8.95. The molecule has 19 heavy (non-hydrogen) atoms. The first-order valence-electron chi connectivity index (χ1n) is 5.49. The summed E-state index contributed by atoms with van der Waals surface area (Å²) in [5.74, 6) is 10.1. The third kappa shape index (κ3) is 3.71. The molecule has 0 N–H and O–H groups in total. The van der Waals surface area contributed by atoms with E-state index in [2.05, 4.69) is 23.7 Å². The molecule has 0 aliphatic rings. The Morgan fingerprint density at radius 1 is 1.05 bits per heavy atom. The molecule has 0 radical (unpaired) electrons. The molecule has 0 spiro atoms. The third-order valence-electron chi connectivity index (χ3n) is 2.37. The first-order chi connectivity index (χ1) is 9.12. The van der Waals surface area contributed by atoms with Gasteiger partial charge in [-0.1, -0.05) is 17.8 Å². The van der Waals surface area contributed by atoms with Crippen molar-refractivity contribution in [2.75, 3.05) is 19.0 Å². The highest BCUT2D eigenvalue weighted by Crippen LogP contribution is 2.11. The quantitative estimate of drug-likeness (QED) is 0.559. The van der Waals surface area contributed by atoms with E-state index in [1.807, 2.05) is 49.3 Å². The van der Waals surface area contributed by atoms with Crippen molar-refractivity contribution < 1.29 is 0 Å². The molecule has 0 saturated carbocycles. The maximum absolute atomic E-state index is 8.95. The SMILES string of the molecule is C#CC(C#C)=C(C#N)C#Cc1ccc(N(C)C)cc1. The van der Waals surface area contributed by atoms with E-state index in [9.17, 15) is 0 Å². The average molecular weight is 244 g/mol. The number of allylic oxidation sites excluding steroid dienone is 2. The van der Waals surface area contributed by atoms with Gasteiger partial charge < -0.3 is 4.90 Å². The predicted octanol–water partition coefficient (Wildman–Crippen LogP) is 2.19. The summed E-state index contributed by atoms with van der Waals surface area (Å²) in [5.41, 5.74) is 2.20. The van der Waals surface area contributed by atoms with Gasteiger partial charge in [0.2, 0.25) is 0 Å². The molecule has 0 fully saturated rings. The monoisotopic (exact) mass is 244 g/mol. The lowest BCUT2D eigenvalue weighted by Crippen LogP contribution is -2.07. The molecule has 1 rings (SSSR count). The Balaban J connectivity index is 3.09. The molecule has 0 aliphatic carbocycles. The van der Waals surface area contributed by atoms with Crippen LogP contribution in [0.3, 0.4) is 0 Å². The maximum Gasteiger partial charge on any atom is 0.126 e. The summed E-state index contributed by atoms with van der Waals surface area (Å²) < 4.78 is 0. The van der Waals surface area contributed by atoms with E-state index in [0.29, 0.717) is 0 Å². The van der Waals surface area contributed by atoms with Gasteiger partial charge in [0, 0.05) is 25.3 Å². The van der Waals surface area contributed by atoms with Gasteiger partial charge >= 0.3 is 0 Å². The minimum Gasteiger partial charge on any atom is -0.378 e. The summed E-state index contributed by atoms with van der Waals surface area (Å²) in [4.78, 5) is 1.99. The van der Waals surface area contributed by atoms with Crippen molar-refractivity contribution in [3.63, 3.8) is 0 Å². The van der Waals surface area contributed by atoms with Crippen LogP contribution in [0.5, 0.6) is 0 Å². The molecule has 0 unspecified atom stereocenters. The molecule has 0 atom stereocenters. The third-order valence-corrected chi connectivity index (χ3v) is 2.37. The van der Waals surface area contributed by atoms with Crippen LogP contribution in [0.2, 0.25) is 0 Å². The Morgan fingerprint density at radius 2 is 1.63 bits per heavy atom. The van der Waals surface area contributed by atoms with Crippen molar-refractivity contribution in [2.24, 2.45) is 0 Å². The molecule has 2 heteroatoms. The number of rotatable bonds is 1. The van der Waals surface area contributed by atoms with Crippen molar-refractivity contribution in [1.29, 1.82) is 5.26 Å². The number of hydrogen-bond donors (Lipinski definition) is 0. The zero-order chi connectivity index (χ0) is 14.3. The zero-order valence-corrected chi connectivity index (χ0v) is 10.9. The highest BCUT2D eigenvalue weighted by Gasteiger charge is 1.97. The normalized spacial score (nSPS) is 7.95. The van der Waals surface area contributed by atoms with Crippen LogP contribution < -0.4 is 4.90 Å². The van der Waals surface area contributed by atoms with E-state index < -0.39 is 0 Å². The molecule has 90 valence electrons. The van der Waals surface area contributed by atoms with Crippen LogP contribution in [-0.4, -0.2) is 14.1 Å². The van der Waals surface area contributed by atoms with Gasteiger partial charge in [-0.2, -0.15) is 5.26 Å². The minimum atomic E-state index is 0.140. The van der Waals surface area contributed by atoms with Crippen molar-refractivity contribution >= 4 is 5.69 Å². The Kier molecular flexibility index (Phi) is 4.87. The minimum absolute atomic E-state index is 0.140. The van der Waals surface area contributed by atoms with Gasteiger partial charge in [0.25, 0.3) is 0 Å². The van der Waals surface area contributed by atoms with E-state index in [1.54, 1.807) is 0 Å². The van der Waals surface area contributed by atoms with Crippen LogP contribution >= 0.6 is 0 Å². The summed E-state index contributed by atoms with van der Waals surface area (Å²) in [6.07, 6.45) is 10.4. The fraction of sp³-hybridized carbons (Fsp3) is 0.118. The van der Waals surface area contributed by atoms with Gasteiger partial charge in [0.1, 0.15) is 17.2 Å². The molecule has 0 amide bonds. The molecule has 0 saturated heterocycles. The standard InChI is InChI=1S/C17H12N2/c1-5-15(6-2)16(13-18)10-7-14-8-11-17(12-9-14)19(3)4/h1-2,8-9,11-12H,3-4H3. The lowest BCUT2D eigenvalue weighted by molar-refractivity contribution is 1.13. The first kappa shape index (κ1) is 14.0. The number of nitrogens with zero attached hydrogens (tertiary/aromatic N) is 2. The number of nitriles is 1. The summed E-state index contributed by atoms with van der Waals surface area (Å²) >= 11 is 0. The van der Waals surface area contributed by atoms with Crippen LogP contribution in [0.25, 0.3) is 0 Å². The lowest BCUT2D eigenvalue weighted by Gasteiger charge is -2.11. The second-order valence-electron chi connectivity index (χ2n) is 3.84. The number of anilines is 1. The molecule has 0 heterocycles. The highest BCUT2D eigenvalue weighted by atomic mass is 15.1. The van der Waals surface area contributed by atoms with Gasteiger partial charge in [-0.05, 0) is 30.2 Å². The summed E-state index contributed by atoms with van der Waals surface area (Å²) in [6.45, 7) is 0. The van der Waals surface area contributed by atoms with Gasteiger partial charge in [0.15, 0.2) is 0 Å². The van der Waals surface area contributed by atoms with Crippen molar-refractivity contribution in [3.8, 4) is 42.6 Å². The van der Waals surface area contributed by atoms with Crippen LogP contribution in [0, 0.1) is 47.9 Å². The number of terminal acetylenes is 2. The molecule has 0 bridgehead atoms. The first-order valence-corrected chi connectivity index (χ1v) is 5.49. The van der Waals surface area contributed by atoms with Crippen LogP contribution in [-0.2, 0) is 0 Å². The number of benzene rings is 1. The molecule has 0 aromatic heterocycles. The summed E-state index contributed by atoms with van der Waals surface area (Å²) in [6, 6.07) is 9.57. The Labute approximate surface area is 114 Å². The Bertz CT molecular complexity index is 656. The van der Waals surface area contributed by atoms with E-state index in [1.165, 1.54) is 0 Å². The van der Waals surface area contributed by atoms with Gasteiger partial charge in [-0.15, -0.1) is 12.8 Å². The largest absolute Gasteiger partial charge is 0.378 e. The molecule has 1 aromatic carbocycles. The van der Waals surface area contributed by atoms with Gasteiger partial charge in [-0.25, -0.2) is 0 Å². The van der Waals surface area contributed by atoms with Gasteiger partial charge in [0.05, 0.1) is 0 Å². The fourth-order valence-corrected chi connectivity index (χ4v) is 1.31. The van der Waals surface area contributed by atoms with Crippen molar-refractivity contribution in [3.05, 3.63) is 41.0 Å². The van der Waals surface area contributed by atoms with Crippen LogP contribution in [0.1, 0.15) is 5.56 Å². The average Bonchev–Trinajstić information content (AvgIpc) is 2.43. The molecule has 1 aromatic rings. The Hall–Kier alpha value is -3.07. The predicted molar refractivity (Wildman–Crippen MR) is 78.0 cm³/mol. The van der Waals surface area contributed by atoms with Crippen molar-refractivity contribution in [2.45, 2.75) is 0 Å². The second kappa shape index (κ2) is 6.61. The van der Waals surface area contributed by atoms with E-state index >= 15 is 0 Å². The fourth-order valence-electron chi connectivity index (χ4n) is 1.31. The summed E-state index contributed by atoms with van der Waals surface area (Å²) in [7, 11) is 3.92. The number of hydrogen-bond acceptors (Lipinski definition) is 2. The van der Waals surface area contributed by atoms with E-state index in [-0.39, 0.29) is 11.1 Å². The van der Waals surface area contributed by atoms with E-state index in [0.717, 1.165) is 11.3 Å². The van der Waals surface area contributed by atoms with Crippen molar-refractivity contribution in [1.82, 2.24) is 0 Å². The topological polar surface area (TPSA) is 27.0 Å². The smallest absolute Gasteiger partial charge is 0.126 e. The van der Waals surface area contributed by atoms with Crippen LogP contribution in [0.15, 0.2) is 35.4 Å². The van der Waals surface area contributed by atoms with E-state index in [4.69, 9.17) is 18.1 Å². The maximum atomic E-state index is 8.95. The molecular formula is C17H12N2.